The van der Waals surface area contributed by atoms with Crippen LogP contribution in [0.3, 0.4) is 0 Å². The highest BCUT2D eigenvalue weighted by atomic mass is 16.5. The van der Waals surface area contributed by atoms with Gasteiger partial charge >= 0.3 is 5.97 Å². The molecule has 0 aliphatic heterocycles. The SMILES string of the molecule is CCOC(=O)C1=C(CC)CCCC1. The van der Waals surface area contributed by atoms with Crippen molar-refractivity contribution in [1.82, 2.24) is 0 Å². The van der Waals surface area contributed by atoms with Crippen LogP contribution in [0, 0.1) is 0 Å². The average molecular weight is 182 g/mol. The van der Waals surface area contributed by atoms with E-state index in [-0.39, 0.29) is 5.97 Å². The largest absolute Gasteiger partial charge is 0.463 e. The summed E-state index contributed by atoms with van der Waals surface area (Å²) in [4.78, 5) is 11.5. The van der Waals surface area contributed by atoms with Crippen molar-refractivity contribution in [1.29, 1.82) is 0 Å². The molecule has 0 saturated heterocycles. The number of hydrogen-bond donors (Lipinski definition) is 0. The van der Waals surface area contributed by atoms with Crippen LogP contribution in [0.15, 0.2) is 11.1 Å². The Morgan fingerprint density at radius 3 is 2.62 bits per heavy atom. The number of allylic oxidation sites excluding steroid dienone is 1. The van der Waals surface area contributed by atoms with E-state index in [1.54, 1.807) is 0 Å². The van der Waals surface area contributed by atoms with Gasteiger partial charge in [0.2, 0.25) is 0 Å². The summed E-state index contributed by atoms with van der Waals surface area (Å²) in [5.74, 6) is -0.0842. The Hall–Kier alpha value is -0.790. The van der Waals surface area contributed by atoms with E-state index in [0.29, 0.717) is 6.61 Å². The zero-order valence-corrected chi connectivity index (χ0v) is 8.56. The summed E-state index contributed by atoms with van der Waals surface area (Å²) in [6.07, 6.45) is 5.37. The second kappa shape index (κ2) is 5.05. The van der Waals surface area contributed by atoms with Gasteiger partial charge in [0, 0.05) is 5.57 Å². The Kier molecular flexibility index (Phi) is 4.00. The van der Waals surface area contributed by atoms with E-state index in [1.807, 2.05) is 6.92 Å². The molecule has 0 bridgehead atoms. The fourth-order valence-electron chi connectivity index (χ4n) is 1.82. The Labute approximate surface area is 80.0 Å². The molecule has 1 aliphatic rings. The second-order valence-corrected chi connectivity index (χ2v) is 3.36. The van der Waals surface area contributed by atoms with Crippen LogP contribution < -0.4 is 0 Å². The van der Waals surface area contributed by atoms with Gasteiger partial charge in [-0.2, -0.15) is 0 Å². The number of rotatable bonds is 3. The Bertz CT molecular complexity index is 216. The smallest absolute Gasteiger partial charge is 0.333 e. The lowest BCUT2D eigenvalue weighted by atomic mass is 9.90. The zero-order valence-electron chi connectivity index (χ0n) is 8.56. The summed E-state index contributed by atoms with van der Waals surface area (Å²) in [5, 5.41) is 0. The predicted molar refractivity (Wildman–Crippen MR) is 52.4 cm³/mol. The van der Waals surface area contributed by atoms with E-state index in [0.717, 1.165) is 31.3 Å². The minimum absolute atomic E-state index is 0.0842. The Morgan fingerprint density at radius 2 is 2.00 bits per heavy atom. The lowest BCUT2D eigenvalue weighted by Gasteiger charge is -2.17. The van der Waals surface area contributed by atoms with Crippen LogP contribution in [0.2, 0.25) is 0 Å². The molecule has 0 heterocycles. The molecule has 0 aromatic rings. The number of ether oxygens (including phenoxy) is 1. The highest BCUT2D eigenvalue weighted by molar-refractivity contribution is 5.89. The van der Waals surface area contributed by atoms with Crippen molar-refractivity contribution < 1.29 is 9.53 Å². The minimum atomic E-state index is -0.0842. The molecule has 0 aromatic heterocycles. The third kappa shape index (κ3) is 2.58. The summed E-state index contributed by atoms with van der Waals surface area (Å²) in [5.41, 5.74) is 2.26. The van der Waals surface area contributed by atoms with E-state index in [2.05, 4.69) is 6.92 Å². The number of hydrogen-bond acceptors (Lipinski definition) is 2. The molecule has 0 spiro atoms. The van der Waals surface area contributed by atoms with Crippen molar-refractivity contribution in [2.24, 2.45) is 0 Å². The lowest BCUT2D eigenvalue weighted by Crippen LogP contribution is -2.13. The van der Waals surface area contributed by atoms with Gasteiger partial charge in [-0.25, -0.2) is 4.79 Å². The van der Waals surface area contributed by atoms with Gasteiger partial charge in [-0.1, -0.05) is 12.5 Å². The van der Waals surface area contributed by atoms with Gasteiger partial charge in [-0.3, -0.25) is 0 Å². The van der Waals surface area contributed by atoms with E-state index < -0.39 is 0 Å². The molecular formula is C11H18O2. The summed E-state index contributed by atoms with van der Waals surface area (Å²) in [7, 11) is 0. The Balaban J connectivity index is 2.72. The molecule has 0 atom stereocenters. The summed E-state index contributed by atoms with van der Waals surface area (Å²) >= 11 is 0. The standard InChI is InChI=1S/C11H18O2/c1-3-9-7-5-6-8-10(9)11(12)13-4-2/h3-8H2,1-2H3. The van der Waals surface area contributed by atoms with Crippen LogP contribution in [0.4, 0.5) is 0 Å². The van der Waals surface area contributed by atoms with Crippen molar-refractivity contribution in [3.05, 3.63) is 11.1 Å². The van der Waals surface area contributed by atoms with Gasteiger partial charge in [0.15, 0.2) is 0 Å². The molecule has 0 aromatic carbocycles. The van der Waals surface area contributed by atoms with Gasteiger partial charge in [0.1, 0.15) is 0 Å². The molecule has 1 aliphatic carbocycles. The van der Waals surface area contributed by atoms with Crippen molar-refractivity contribution in [2.45, 2.75) is 46.0 Å². The molecule has 2 heteroatoms. The van der Waals surface area contributed by atoms with Crippen LogP contribution in [-0.2, 0) is 9.53 Å². The van der Waals surface area contributed by atoms with Gasteiger partial charge in [-0.15, -0.1) is 0 Å². The quantitative estimate of drug-likeness (QED) is 0.627. The first-order valence-corrected chi connectivity index (χ1v) is 5.17. The molecule has 0 saturated carbocycles. The van der Waals surface area contributed by atoms with Gasteiger partial charge in [-0.05, 0) is 39.0 Å². The summed E-state index contributed by atoms with van der Waals surface area (Å²) < 4.78 is 5.02. The minimum Gasteiger partial charge on any atom is -0.463 e. The van der Waals surface area contributed by atoms with Crippen molar-refractivity contribution >= 4 is 5.97 Å². The van der Waals surface area contributed by atoms with Gasteiger partial charge < -0.3 is 4.74 Å². The highest BCUT2D eigenvalue weighted by Crippen LogP contribution is 2.27. The molecule has 13 heavy (non-hydrogen) atoms. The van der Waals surface area contributed by atoms with Crippen molar-refractivity contribution in [3.63, 3.8) is 0 Å². The maximum absolute atomic E-state index is 11.5. The maximum Gasteiger partial charge on any atom is 0.333 e. The molecule has 2 nitrogen and oxygen atoms in total. The highest BCUT2D eigenvalue weighted by Gasteiger charge is 2.18. The number of carbonyl (C=O) groups is 1. The molecule has 1 rings (SSSR count). The monoisotopic (exact) mass is 182 g/mol. The Morgan fingerprint density at radius 1 is 1.31 bits per heavy atom. The molecule has 0 N–H and O–H groups in total. The maximum atomic E-state index is 11.5. The molecule has 0 radical (unpaired) electrons. The van der Waals surface area contributed by atoms with Crippen LogP contribution >= 0.6 is 0 Å². The fraction of sp³-hybridized carbons (Fsp3) is 0.727. The van der Waals surface area contributed by atoms with E-state index >= 15 is 0 Å². The van der Waals surface area contributed by atoms with Crippen molar-refractivity contribution in [2.75, 3.05) is 6.61 Å². The van der Waals surface area contributed by atoms with Gasteiger partial charge in [0.05, 0.1) is 6.61 Å². The first-order valence-electron chi connectivity index (χ1n) is 5.17. The first-order chi connectivity index (χ1) is 6.29. The number of esters is 1. The number of carbonyl (C=O) groups excluding carboxylic acids is 1. The second-order valence-electron chi connectivity index (χ2n) is 3.36. The molecular weight excluding hydrogens is 164 g/mol. The van der Waals surface area contributed by atoms with Crippen LogP contribution in [0.1, 0.15) is 46.0 Å². The third-order valence-electron chi connectivity index (χ3n) is 2.53. The molecule has 0 unspecified atom stereocenters. The zero-order chi connectivity index (χ0) is 9.68. The van der Waals surface area contributed by atoms with Crippen LogP contribution in [-0.4, -0.2) is 12.6 Å². The summed E-state index contributed by atoms with van der Waals surface area (Å²) in [6, 6.07) is 0. The van der Waals surface area contributed by atoms with E-state index in [1.165, 1.54) is 12.0 Å². The molecule has 0 amide bonds. The normalized spacial score (nSPS) is 17.4. The van der Waals surface area contributed by atoms with Crippen LogP contribution in [0.5, 0.6) is 0 Å². The first kappa shape index (κ1) is 10.3. The van der Waals surface area contributed by atoms with Gasteiger partial charge in [0.25, 0.3) is 0 Å². The topological polar surface area (TPSA) is 26.3 Å². The average Bonchev–Trinajstić information content (AvgIpc) is 2.18. The fourth-order valence-corrected chi connectivity index (χ4v) is 1.82. The van der Waals surface area contributed by atoms with E-state index in [4.69, 9.17) is 4.74 Å². The van der Waals surface area contributed by atoms with Crippen LogP contribution in [0.25, 0.3) is 0 Å². The van der Waals surface area contributed by atoms with Crippen molar-refractivity contribution in [3.8, 4) is 0 Å². The predicted octanol–water partition coefficient (Wildman–Crippen LogP) is 2.83. The van der Waals surface area contributed by atoms with E-state index in [9.17, 15) is 4.79 Å². The third-order valence-corrected chi connectivity index (χ3v) is 2.53. The molecule has 0 fully saturated rings. The molecule has 74 valence electrons. The summed E-state index contributed by atoms with van der Waals surface area (Å²) in [6.45, 7) is 4.45. The lowest BCUT2D eigenvalue weighted by molar-refractivity contribution is -0.138.